The summed E-state index contributed by atoms with van der Waals surface area (Å²) < 4.78 is 11.1. The largest absolute Gasteiger partial charge is 0.486 e. The molecule has 0 radical (unpaired) electrons. The fourth-order valence-corrected chi connectivity index (χ4v) is 4.50. The molecule has 1 saturated carbocycles. The number of nitrogens with zero attached hydrogens (tertiary/aromatic N) is 2. The second kappa shape index (κ2) is 6.98. The second-order valence-corrected chi connectivity index (χ2v) is 8.60. The van der Waals surface area contributed by atoms with Crippen LogP contribution in [0.3, 0.4) is 0 Å². The van der Waals surface area contributed by atoms with Crippen LogP contribution in [0.5, 0.6) is 11.5 Å². The Kier molecular flexibility index (Phi) is 4.39. The highest BCUT2D eigenvalue weighted by atomic mass is 32.1. The number of urea groups is 1. The fraction of sp³-hybridized carbons (Fsp3) is 0.400. The fourth-order valence-electron chi connectivity index (χ4n) is 3.77. The Hall–Kier alpha value is -3.14. The summed E-state index contributed by atoms with van der Waals surface area (Å²) in [6, 6.07) is 5.03. The number of amides is 4. The van der Waals surface area contributed by atoms with Gasteiger partial charge in [0.05, 0.1) is 5.69 Å². The maximum absolute atomic E-state index is 12.6. The van der Waals surface area contributed by atoms with Crippen molar-refractivity contribution in [3.63, 3.8) is 0 Å². The van der Waals surface area contributed by atoms with Crippen molar-refractivity contribution in [1.29, 1.82) is 0 Å². The molecule has 1 aromatic heterocycles. The molecule has 0 unspecified atom stereocenters. The minimum atomic E-state index is -0.899. The quantitative estimate of drug-likeness (QED) is 0.707. The summed E-state index contributed by atoms with van der Waals surface area (Å²) in [5, 5.41) is 7.62. The maximum atomic E-state index is 12.6. The molecular weight excluding hydrogens is 408 g/mol. The van der Waals surface area contributed by atoms with E-state index in [2.05, 4.69) is 15.6 Å². The summed E-state index contributed by atoms with van der Waals surface area (Å²) in [6.07, 6.45) is 1.81. The van der Waals surface area contributed by atoms with Gasteiger partial charge >= 0.3 is 6.03 Å². The van der Waals surface area contributed by atoms with Crippen LogP contribution < -0.4 is 20.1 Å². The number of carbonyl (C=O) groups excluding carboxylic acids is 3. The van der Waals surface area contributed by atoms with Crippen LogP contribution in [0.4, 0.5) is 9.93 Å². The minimum Gasteiger partial charge on any atom is -0.486 e. The molecule has 4 amide bonds. The first-order valence-electron chi connectivity index (χ1n) is 9.73. The van der Waals surface area contributed by atoms with E-state index in [4.69, 9.17) is 9.47 Å². The van der Waals surface area contributed by atoms with E-state index in [-0.39, 0.29) is 18.4 Å². The van der Waals surface area contributed by atoms with Crippen molar-refractivity contribution in [3.05, 3.63) is 23.6 Å². The van der Waals surface area contributed by atoms with Crippen LogP contribution in [0.25, 0.3) is 11.3 Å². The molecule has 2 fully saturated rings. The lowest BCUT2D eigenvalue weighted by Crippen LogP contribution is -2.46. The Balaban J connectivity index is 1.25. The molecule has 2 aliphatic heterocycles. The monoisotopic (exact) mass is 428 g/mol. The van der Waals surface area contributed by atoms with Crippen LogP contribution in [-0.4, -0.2) is 53.0 Å². The molecule has 5 rings (SSSR count). The van der Waals surface area contributed by atoms with Gasteiger partial charge in [0.1, 0.15) is 25.3 Å². The Bertz CT molecular complexity index is 1050. The number of rotatable bonds is 5. The standard InChI is InChI=1S/C20H20N4O5S/c1-20(12-3-4-12)17(26)24(19(27)23-20)9-16(25)22-18-21-13(10-30-18)11-2-5-14-15(8-11)29-7-6-28-14/h2,5,8,10,12H,3-4,6-7,9H2,1H3,(H,23,27)(H,21,22,25)/t20-/m0/s1. The molecule has 1 atom stereocenters. The number of benzene rings is 1. The predicted molar refractivity (Wildman–Crippen MR) is 109 cm³/mol. The lowest BCUT2D eigenvalue weighted by Gasteiger charge is -2.20. The number of fused-ring (bicyclic) bond motifs is 1. The van der Waals surface area contributed by atoms with Crippen molar-refractivity contribution in [2.24, 2.45) is 5.92 Å². The zero-order chi connectivity index (χ0) is 20.9. The van der Waals surface area contributed by atoms with Crippen LogP contribution in [0.2, 0.25) is 0 Å². The van der Waals surface area contributed by atoms with Gasteiger partial charge in [-0.3, -0.25) is 14.5 Å². The molecule has 156 valence electrons. The highest BCUT2D eigenvalue weighted by molar-refractivity contribution is 7.14. The molecule has 2 aromatic rings. The Morgan fingerprint density at radius 2 is 2.07 bits per heavy atom. The van der Waals surface area contributed by atoms with Gasteiger partial charge in [-0.25, -0.2) is 9.78 Å². The van der Waals surface area contributed by atoms with Crippen molar-refractivity contribution < 1.29 is 23.9 Å². The van der Waals surface area contributed by atoms with E-state index in [0.717, 1.165) is 23.3 Å². The van der Waals surface area contributed by atoms with Crippen LogP contribution >= 0.6 is 11.3 Å². The van der Waals surface area contributed by atoms with Gasteiger partial charge in [-0.1, -0.05) is 0 Å². The van der Waals surface area contributed by atoms with Gasteiger partial charge in [0.2, 0.25) is 5.91 Å². The van der Waals surface area contributed by atoms with Crippen LogP contribution in [-0.2, 0) is 9.59 Å². The Labute approximate surface area is 176 Å². The van der Waals surface area contributed by atoms with Gasteiger partial charge in [-0.2, -0.15) is 0 Å². The zero-order valence-corrected chi connectivity index (χ0v) is 17.1. The van der Waals surface area contributed by atoms with Crippen LogP contribution in [0.1, 0.15) is 19.8 Å². The Morgan fingerprint density at radius 3 is 2.83 bits per heavy atom. The van der Waals surface area contributed by atoms with E-state index in [0.29, 0.717) is 35.5 Å². The molecule has 30 heavy (non-hydrogen) atoms. The summed E-state index contributed by atoms with van der Waals surface area (Å²) in [5.41, 5.74) is 0.623. The molecule has 0 bridgehead atoms. The summed E-state index contributed by atoms with van der Waals surface area (Å²) >= 11 is 1.27. The number of imide groups is 1. The molecule has 1 saturated heterocycles. The summed E-state index contributed by atoms with van der Waals surface area (Å²) in [7, 11) is 0. The molecular formula is C20H20N4O5S. The SMILES string of the molecule is C[C@@]1(C2CC2)NC(=O)N(CC(=O)Nc2nc(-c3ccc4c(c3)OCCO4)cs2)C1=O. The van der Waals surface area contributed by atoms with E-state index in [1.54, 1.807) is 6.92 Å². The average molecular weight is 428 g/mol. The first kappa shape index (κ1) is 18.9. The van der Waals surface area contributed by atoms with Gasteiger partial charge in [0, 0.05) is 10.9 Å². The van der Waals surface area contributed by atoms with E-state index in [9.17, 15) is 14.4 Å². The van der Waals surface area contributed by atoms with Crippen molar-refractivity contribution in [3.8, 4) is 22.8 Å². The number of nitrogens with one attached hydrogen (secondary N) is 2. The highest BCUT2D eigenvalue weighted by Gasteiger charge is 2.56. The third-order valence-electron chi connectivity index (χ3n) is 5.59. The predicted octanol–water partition coefficient (Wildman–Crippen LogP) is 2.24. The first-order chi connectivity index (χ1) is 14.4. The number of ether oxygens (including phenoxy) is 2. The normalized spacial score (nSPS) is 22.8. The van der Waals surface area contributed by atoms with Gasteiger partial charge in [-0.15, -0.1) is 11.3 Å². The van der Waals surface area contributed by atoms with E-state index >= 15 is 0 Å². The van der Waals surface area contributed by atoms with Crippen molar-refractivity contribution >= 4 is 34.3 Å². The lowest BCUT2D eigenvalue weighted by molar-refractivity contribution is -0.134. The molecule has 2 N–H and O–H groups in total. The molecule has 3 heterocycles. The second-order valence-electron chi connectivity index (χ2n) is 7.74. The summed E-state index contributed by atoms with van der Waals surface area (Å²) in [6.45, 7) is 2.41. The average Bonchev–Trinajstić information content (AvgIpc) is 3.46. The number of hydrogen-bond donors (Lipinski definition) is 2. The van der Waals surface area contributed by atoms with Gasteiger partial charge in [-0.05, 0) is 43.9 Å². The molecule has 9 nitrogen and oxygen atoms in total. The van der Waals surface area contributed by atoms with Gasteiger partial charge < -0.3 is 20.1 Å². The van der Waals surface area contributed by atoms with E-state index in [1.807, 2.05) is 23.6 Å². The third-order valence-corrected chi connectivity index (χ3v) is 6.34. The molecule has 3 aliphatic rings. The molecule has 1 aromatic carbocycles. The number of aromatic nitrogens is 1. The van der Waals surface area contributed by atoms with Gasteiger partial charge in [0.25, 0.3) is 5.91 Å². The van der Waals surface area contributed by atoms with Crippen LogP contribution in [0, 0.1) is 5.92 Å². The molecule has 0 spiro atoms. The molecule has 1 aliphatic carbocycles. The van der Waals surface area contributed by atoms with Gasteiger partial charge in [0.15, 0.2) is 16.6 Å². The number of anilines is 1. The Morgan fingerprint density at radius 1 is 1.30 bits per heavy atom. The first-order valence-corrected chi connectivity index (χ1v) is 10.6. The number of carbonyl (C=O) groups is 3. The van der Waals surface area contributed by atoms with E-state index < -0.39 is 17.5 Å². The highest BCUT2D eigenvalue weighted by Crippen LogP contribution is 2.42. The third kappa shape index (κ3) is 3.26. The number of hydrogen-bond acceptors (Lipinski definition) is 7. The van der Waals surface area contributed by atoms with E-state index in [1.165, 1.54) is 11.3 Å². The zero-order valence-electron chi connectivity index (χ0n) is 16.3. The summed E-state index contributed by atoms with van der Waals surface area (Å²) in [4.78, 5) is 42.7. The molecule has 10 heteroatoms. The maximum Gasteiger partial charge on any atom is 0.325 e. The van der Waals surface area contributed by atoms with Crippen molar-refractivity contribution in [2.45, 2.75) is 25.3 Å². The summed E-state index contributed by atoms with van der Waals surface area (Å²) in [5.74, 6) is 0.688. The van der Waals surface area contributed by atoms with Crippen molar-refractivity contribution in [1.82, 2.24) is 15.2 Å². The number of thiazole rings is 1. The topological polar surface area (TPSA) is 110 Å². The lowest BCUT2D eigenvalue weighted by atomic mass is 9.96. The smallest absolute Gasteiger partial charge is 0.325 e. The minimum absolute atomic E-state index is 0.148. The van der Waals surface area contributed by atoms with Crippen LogP contribution in [0.15, 0.2) is 23.6 Å². The van der Waals surface area contributed by atoms with Crippen molar-refractivity contribution in [2.75, 3.05) is 25.1 Å².